The number of nitrogens with zero attached hydrogens (tertiary/aromatic N) is 4. The van der Waals surface area contributed by atoms with E-state index in [1.165, 1.54) is 0 Å². The van der Waals surface area contributed by atoms with Gasteiger partial charge in [-0.15, -0.1) is 11.6 Å². The lowest BCUT2D eigenvalue weighted by Gasteiger charge is -2.09. The number of hydrogen-bond donors (Lipinski definition) is 0. The first-order valence-electron chi connectivity index (χ1n) is 6.43. The number of aromatic nitrogens is 4. The van der Waals surface area contributed by atoms with Crippen molar-refractivity contribution in [1.29, 1.82) is 0 Å². The van der Waals surface area contributed by atoms with Crippen LogP contribution in [0.25, 0.3) is 11.0 Å². The number of alkyl halides is 1. The summed E-state index contributed by atoms with van der Waals surface area (Å²) in [5.41, 5.74) is 2.61. The molecule has 0 aliphatic rings. The molecule has 1 unspecified atom stereocenters. The van der Waals surface area contributed by atoms with Crippen LogP contribution in [0.5, 0.6) is 0 Å². The van der Waals surface area contributed by atoms with Gasteiger partial charge < -0.3 is 4.57 Å². The van der Waals surface area contributed by atoms with E-state index in [9.17, 15) is 0 Å². The van der Waals surface area contributed by atoms with Crippen molar-refractivity contribution in [2.24, 2.45) is 7.05 Å². The van der Waals surface area contributed by atoms with Gasteiger partial charge in [0.25, 0.3) is 0 Å². The van der Waals surface area contributed by atoms with E-state index in [0.717, 1.165) is 22.6 Å². The average molecular weight is 344 g/mol. The third-order valence-corrected chi connectivity index (χ3v) is 4.18. The Morgan fingerprint density at radius 3 is 2.57 bits per heavy atom. The van der Waals surface area contributed by atoms with Gasteiger partial charge in [-0.2, -0.15) is 5.10 Å². The fourth-order valence-corrected chi connectivity index (χ4v) is 2.80. The first-order chi connectivity index (χ1) is 9.95. The molecule has 7 heteroatoms. The van der Waals surface area contributed by atoms with Gasteiger partial charge in [-0.25, -0.2) is 4.98 Å². The van der Waals surface area contributed by atoms with Crippen molar-refractivity contribution in [3.63, 3.8) is 0 Å². The van der Waals surface area contributed by atoms with Crippen molar-refractivity contribution in [1.82, 2.24) is 19.3 Å². The smallest absolute Gasteiger partial charge is 0.128 e. The minimum Gasteiger partial charge on any atom is -0.321 e. The zero-order valence-electron chi connectivity index (χ0n) is 11.5. The summed E-state index contributed by atoms with van der Waals surface area (Å²) in [6, 6.07) is 5.54. The summed E-state index contributed by atoms with van der Waals surface area (Å²) < 4.78 is 3.79. The molecule has 1 atom stereocenters. The Morgan fingerprint density at radius 2 is 1.95 bits per heavy atom. The molecule has 1 aromatic carbocycles. The van der Waals surface area contributed by atoms with Crippen LogP contribution in [0.2, 0.25) is 10.0 Å². The minimum atomic E-state index is -0.223. The SMILES string of the molecule is CC(Cl)c1nc2cc(Cl)c(Cl)cc2n1Cc1ccn(C)n1. The maximum Gasteiger partial charge on any atom is 0.128 e. The van der Waals surface area contributed by atoms with Gasteiger partial charge in [0, 0.05) is 13.2 Å². The third-order valence-electron chi connectivity index (χ3n) is 3.26. The highest BCUT2D eigenvalue weighted by Crippen LogP contribution is 2.31. The van der Waals surface area contributed by atoms with Crippen molar-refractivity contribution in [2.45, 2.75) is 18.8 Å². The molecule has 0 fully saturated rings. The summed E-state index contributed by atoms with van der Waals surface area (Å²) >= 11 is 18.4. The Balaban J connectivity index is 2.17. The number of halogens is 3. The van der Waals surface area contributed by atoms with Crippen LogP contribution in [0, 0.1) is 0 Å². The van der Waals surface area contributed by atoms with Crippen LogP contribution in [0.4, 0.5) is 0 Å². The monoisotopic (exact) mass is 342 g/mol. The number of aryl methyl sites for hydroxylation is 1. The first-order valence-corrected chi connectivity index (χ1v) is 7.62. The van der Waals surface area contributed by atoms with Gasteiger partial charge in [0.15, 0.2) is 0 Å². The lowest BCUT2D eigenvalue weighted by atomic mass is 10.3. The summed E-state index contributed by atoms with van der Waals surface area (Å²) in [6.07, 6.45) is 1.90. The largest absolute Gasteiger partial charge is 0.321 e. The third kappa shape index (κ3) is 2.76. The average Bonchev–Trinajstić information content (AvgIpc) is 2.96. The van der Waals surface area contributed by atoms with Crippen LogP contribution in [-0.4, -0.2) is 19.3 Å². The summed E-state index contributed by atoms with van der Waals surface area (Å²) in [4.78, 5) is 4.57. The van der Waals surface area contributed by atoms with E-state index in [2.05, 4.69) is 10.1 Å². The molecule has 2 aromatic heterocycles. The summed E-state index contributed by atoms with van der Waals surface area (Å²) in [7, 11) is 1.89. The van der Waals surface area contributed by atoms with Gasteiger partial charge >= 0.3 is 0 Å². The highest BCUT2D eigenvalue weighted by atomic mass is 35.5. The lowest BCUT2D eigenvalue weighted by Crippen LogP contribution is -2.06. The predicted molar refractivity (Wildman–Crippen MR) is 86.3 cm³/mol. The molecule has 0 aliphatic heterocycles. The molecule has 0 radical (unpaired) electrons. The van der Waals surface area contributed by atoms with Gasteiger partial charge in [0.05, 0.1) is 38.7 Å². The topological polar surface area (TPSA) is 35.6 Å². The number of hydrogen-bond acceptors (Lipinski definition) is 2. The number of benzene rings is 1. The van der Waals surface area contributed by atoms with E-state index in [4.69, 9.17) is 34.8 Å². The number of imidazole rings is 1. The molecule has 2 heterocycles. The molecular formula is C14H13Cl3N4. The zero-order valence-corrected chi connectivity index (χ0v) is 13.8. The van der Waals surface area contributed by atoms with E-state index in [1.54, 1.807) is 10.7 Å². The van der Waals surface area contributed by atoms with Crippen LogP contribution >= 0.6 is 34.8 Å². The Hall–Kier alpha value is -1.23. The molecule has 3 rings (SSSR count). The normalized spacial score (nSPS) is 13.0. The minimum absolute atomic E-state index is 0.223. The van der Waals surface area contributed by atoms with Gasteiger partial charge in [0.1, 0.15) is 5.82 Å². The second-order valence-corrected chi connectivity index (χ2v) is 6.38. The van der Waals surface area contributed by atoms with Crippen molar-refractivity contribution in [2.75, 3.05) is 0 Å². The molecule has 0 N–H and O–H groups in total. The maximum atomic E-state index is 6.26. The number of rotatable bonds is 3. The van der Waals surface area contributed by atoms with Crippen LogP contribution < -0.4 is 0 Å². The maximum absolute atomic E-state index is 6.26. The predicted octanol–water partition coefficient (Wildman–Crippen LogP) is 4.42. The van der Waals surface area contributed by atoms with E-state index in [-0.39, 0.29) is 5.38 Å². The summed E-state index contributed by atoms with van der Waals surface area (Å²) in [5.74, 6) is 0.774. The molecule has 0 spiro atoms. The van der Waals surface area contributed by atoms with Crippen LogP contribution in [0.3, 0.4) is 0 Å². The summed E-state index contributed by atoms with van der Waals surface area (Å²) in [6.45, 7) is 2.47. The van der Waals surface area contributed by atoms with Gasteiger partial charge in [0.2, 0.25) is 0 Å². The van der Waals surface area contributed by atoms with E-state index >= 15 is 0 Å². The van der Waals surface area contributed by atoms with Crippen LogP contribution in [0.1, 0.15) is 23.8 Å². The molecular weight excluding hydrogens is 331 g/mol. The van der Waals surface area contributed by atoms with Crippen molar-refractivity contribution < 1.29 is 0 Å². The molecule has 0 aliphatic carbocycles. The Kier molecular flexibility index (Phi) is 3.86. The molecule has 21 heavy (non-hydrogen) atoms. The second-order valence-electron chi connectivity index (χ2n) is 4.91. The first kappa shape index (κ1) is 14.7. The Morgan fingerprint density at radius 1 is 1.24 bits per heavy atom. The van der Waals surface area contributed by atoms with Crippen molar-refractivity contribution >= 4 is 45.8 Å². The highest BCUT2D eigenvalue weighted by Gasteiger charge is 2.17. The summed E-state index contributed by atoms with van der Waals surface area (Å²) in [5, 5.41) is 5.16. The molecule has 0 amide bonds. The molecule has 0 bridgehead atoms. The van der Waals surface area contributed by atoms with Crippen molar-refractivity contribution in [3.8, 4) is 0 Å². The molecule has 0 saturated carbocycles. The second kappa shape index (κ2) is 5.52. The van der Waals surface area contributed by atoms with Gasteiger partial charge in [-0.05, 0) is 25.1 Å². The Bertz CT molecular complexity index is 804. The van der Waals surface area contributed by atoms with E-state index in [0.29, 0.717) is 16.6 Å². The molecule has 3 aromatic rings. The molecule has 4 nitrogen and oxygen atoms in total. The van der Waals surface area contributed by atoms with Gasteiger partial charge in [-0.1, -0.05) is 23.2 Å². The van der Waals surface area contributed by atoms with Crippen molar-refractivity contribution in [3.05, 3.63) is 46.0 Å². The Labute approximate surface area is 137 Å². The highest BCUT2D eigenvalue weighted by molar-refractivity contribution is 6.42. The van der Waals surface area contributed by atoms with Crippen LogP contribution in [0.15, 0.2) is 24.4 Å². The number of fused-ring (bicyclic) bond motifs is 1. The quantitative estimate of drug-likeness (QED) is 0.660. The van der Waals surface area contributed by atoms with Gasteiger partial charge in [-0.3, -0.25) is 4.68 Å². The molecule has 110 valence electrons. The standard InChI is InChI=1S/C14H13Cl3N4/c1-8(15)14-18-12-5-10(16)11(17)6-13(12)21(14)7-9-3-4-20(2)19-9/h3-6,8H,7H2,1-2H3. The van der Waals surface area contributed by atoms with E-state index in [1.807, 2.05) is 36.9 Å². The molecule has 0 saturated heterocycles. The zero-order chi connectivity index (χ0) is 15.1. The van der Waals surface area contributed by atoms with Crippen LogP contribution in [-0.2, 0) is 13.6 Å². The fraction of sp³-hybridized carbons (Fsp3) is 0.286. The fourth-order valence-electron chi connectivity index (χ4n) is 2.32. The van der Waals surface area contributed by atoms with E-state index < -0.39 is 0 Å². The lowest BCUT2D eigenvalue weighted by molar-refractivity contribution is 0.689.